The van der Waals surface area contributed by atoms with Crippen LogP contribution in [-0.2, 0) is 12.8 Å². The van der Waals surface area contributed by atoms with Crippen LogP contribution in [0.4, 0.5) is 0 Å². The van der Waals surface area contributed by atoms with Crippen LogP contribution in [-0.4, -0.2) is 45.0 Å². The highest BCUT2D eigenvalue weighted by Crippen LogP contribution is 2.48. The third kappa shape index (κ3) is 5.76. The molecule has 8 aromatic carbocycles. The number of fused-ring (bicyclic) bond motifs is 4. The fourth-order valence-electron chi connectivity index (χ4n) is 7.71. The van der Waals surface area contributed by atoms with Gasteiger partial charge in [0.05, 0.1) is 0 Å². The molecule has 0 bridgehead atoms. The van der Waals surface area contributed by atoms with Crippen LogP contribution < -0.4 is 0 Å². The van der Waals surface area contributed by atoms with Crippen LogP contribution >= 0.6 is 0 Å². The second kappa shape index (κ2) is 13.3. The number of aromatic hydroxyl groups is 4. The van der Waals surface area contributed by atoms with Gasteiger partial charge < -0.3 is 25.3 Å². The zero-order valence-electron chi connectivity index (χ0n) is 28.5. The number of benzene rings is 8. The van der Waals surface area contributed by atoms with Gasteiger partial charge in [0.25, 0.3) is 0 Å². The van der Waals surface area contributed by atoms with Gasteiger partial charge >= 0.3 is 0 Å². The number of likely N-dealkylation sites (N-methyl/N-ethyl adjacent to an activating group) is 1. The van der Waals surface area contributed by atoms with Crippen LogP contribution in [0.2, 0.25) is 0 Å². The molecule has 0 aliphatic heterocycles. The molecule has 0 aliphatic carbocycles. The van der Waals surface area contributed by atoms with E-state index < -0.39 is 0 Å². The van der Waals surface area contributed by atoms with Crippen molar-refractivity contribution in [3.05, 3.63) is 145 Å². The van der Waals surface area contributed by atoms with E-state index in [0.29, 0.717) is 48.2 Å². The molecule has 51 heavy (non-hydrogen) atoms. The highest BCUT2D eigenvalue weighted by molar-refractivity contribution is 6.11. The number of rotatable bonds is 9. The summed E-state index contributed by atoms with van der Waals surface area (Å²) in [6.07, 6.45) is 1.20. The summed E-state index contributed by atoms with van der Waals surface area (Å²) in [7, 11) is 0. The van der Waals surface area contributed by atoms with Crippen LogP contribution in [0.1, 0.15) is 18.1 Å². The number of nitrogens with zero attached hydrogens (tertiary/aromatic N) is 1. The van der Waals surface area contributed by atoms with Crippen LogP contribution in [0.15, 0.2) is 133 Å². The van der Waals surface area contributed by atoms with E-state index in [2.05, 4.69) is 36.1 Å². The molecule has 0 unspecified atom stereocenters. The Morgan fingerprint density at radius 2 is 0.765 bits per heavy atom. The monoisotopic (exact) mass is 669 g/mol. The molecule has 8 aromatic rings. The molecule has 5 heteroatoms. The van der Waals surface area contributed by atoms with E-state index in [1.165, 1.54) is 0 Å². The van der Waals surface area contributed by atoms with Crippen molar-refractivity contribution in [1.29, 1.82) is 0 Å². The van der Waals surface area contributed by atoms with Crippen LogP contribution in [0.5, 0.6) is 23.0 Å². The van der Waals surface area contributed by atoms with E-state index in [-0.39, 0.29) is 23.0 Å². The summed E-state index contributed by atoms with van der Waals surface area (Å²) in [5.41, 5.74) is 4.19. The Kier molecular flexibility index (Phi) is 8.42. The molecular weight excluding hydrogens is 631 g/mol. The lowest BCUT2D eigenvalue weighted by atomic mass is 9.89. The molecule has 0 heterocycles. The second-order valence-electron chi connectivity index (χ2n) is 13.3. The quantitative estimate of drug-likeness (QED) is 0.123. The van der Waals surface area contributed by atoms with Crippen molar-refractivity contribution in [2.45, 2.75) is 19.8 Å². The third-order valence-corrected chi connectivity index (χ3v) is 10.4. The Hall–Kier alpha value is -6.04. The molecule has 0 saturated carbocycles. The van der Waals surface area contributed by atoms with Crippen LogP contribution in [0.25, 0.3) is 65.3 Å². The van der Waals surface area contributed by atoms with E-state index in [9.17, 15) is 20.4 Å². The highest BCUT2D eigenvalue weighted by Gasteiger charge is 2.22. The molecule has 0 amide bonds. The lowest BCUT2D eigenvalue weighted by molar-refractivity contribution is 0.293. The summed E-state index contributed by atoms with van der Waals surface area (Å²) in [4.78, 5) is 2.33. The maximum Gasteiger partial charge on any atom is 0.127 e. The van der Waals surface area contributed by atoms with E-state index in [1.54, 1.807) is 12.1 Å². The van der Waals surface area contributed by atoms with Crippen molar-refractivity contribution in [2.75, 3.05) is 19.6 Å². The van der Waals surface area contributed by atoms with Crippen molar-refractivity contribution in [3.63, 3.8) is 0 Å². The molecule has 0 radical (unpaired) electrons. The van der Waals surface area contributed by atoms with Gasteiger partial charge in [0.1, 0.15) is 23.0 Å². The Bertz CT molecular complexity index is 2410. The summed E-state index contributed by atoms with van der Waals surface area (Å²) in [6.45, 7) is 4.29. The standard InChI is InChI=1S/C46H39NO4/c1-2-47(25-23-33-27-31-13-5-9-17-37(31)43(45(33)50)41-35-15-7-3-11-29(35)19-21-39(41)48)26-24-34-28-32-14-6-10-18-38(32)44(46(34)51)42-36-16-8-4-12-30(36)20-22-40(42)49/h3-22,27-28,48-51H,2,23-26H2,1H3. The fourth-order valence-corrected chi connectivity index (χ4v) is 7.71. The largest absolute Gasteiger partial charge is 0.507 e. The zero-order chi connectivity index (χ0) is 35.1. The van der Waals surface area contributed by atoms with E-state index in [0.717, 1.165) is 60.8 Å². The molecule has 4 N–H and O–H groups in total. The van der Waals surface area contributed by atoms with Crippen molar-refractivity contribution in [2.24, 2.45) is 0 Å². The van der Waals surface area contributed by atoms with E-state index in [4.69, 9.17) is 0 Å². The Balaban J connectivity index is 1.12. The van der Waals surface area contributed by atoms with Crippen LogP contribution in [0, 0.1) is 0 Å². The minimum Gasteiger partial charge on any atom is -0.507 e. The van der Waals surface area contributed by atoms with E-state index >= 15 is 0 Å². The Morgan fingerprint density at radius 3 is 1.16 bits per heavy atom. The first-order valence-electron chi connectivity index (χ1n) is 17.5. The summed E-state index contributed by atoms with van der Waals surface area (Å²) < 4.78 is 0. The van der Waals surface area contributed by atoms with Gasteiger partial charge in [0.2, 0.25) is 0 Å². The molecule has 0 aromatic heterocycles. The van der Waals surface area contributed by atoms with Gasteiger partial charge in [-0.15, -0.1) is 0 Å². The lowest BCUT2D eigenvalue weighted by Crippen LogP contribution is -2.28. The summed E-state index contributed by atoms with van der Waals surface area (Å²) in [5, 5.41) is 53.7. The minimum absolute atomic E-state index is 0.132. The molecule has 0 spiro atoms. The zero-order valence-corrected chi connectivity index (χ0v) is 28.5. The molecule has 252 valence electrons. The van der Waals surface area contributed by atoms with Gasteiger partial charge in [0, 0.05) is 35.3 Å². The maximum atomic E-state index is 11.9. The predicted octanol–water partition coefficient (Wildman–Crippen LogP) is 10.6. The number of hydrogen-bond donors (Lipinski definition) is 4. The summed E-state index contributed by atoms with van der Waals surface area (Å²) >= 11 is 0. The molecule has 0 saturated heterocycles. The van der Waals surface area contributed by atoms with Crippen molar-refractivity contribution < 1.29 is 20.4 Å². The van der Waals surface area contributed by atoms with Gasteiger partial charge in [-0.25, -0.2) is 0 Å². The topological polar surface area (TPSA) is 84.2 Å². The first-order chi connectivity index (χ1) is 24.9. The maximum absolute atomic E-state index is 11.9. The summed E-state index contributed by atoms with van der Waals surface area (Å²) in [6, 6.07) is 43.2. The molecule has 8 rings (SSSR count). The fraction of sp³-hybridized carbons (Fsp3) is 0.130. The van der Waals surface area contributed by atoms with Crippen molar-refractivity contribution in [3.8, 4) is 45.3 Å². The number of phenolic OH excluding ortho intramolecular Hbond substituents is 4. The lowest BCUT2D eigenvalue weighted by Gasteiger charge is -2.23. The smallest absolute Gasteiger partial charge is 0.127 e. The van der Waals surface area contributed by atoms with Gasteiger partial charge in [-0.05, 0) is 97.9 Å². The highest BCUT2D eigenvalue weighted by atomic mass is 16.3. The molecule has 5 nitrogen and oxygen atoms in total. The minimum atomic E-state index is 0.132. The van der Waals surface area contributed by atoms with Gasteiger partial charge in [-0.2, -0.15) is 0 Å². The average molecular weight is 670 g/mol. The van der Waals surface area contributed by atoms with Gasteiger partial charge in [-0.3, -0.25) is 0 Å². The van der Waals surface area contributed by atoms with E-state index in [1.807, 2.05) is 97.1 Å². The molecular formula is C46H39NO4. The first kappa shape index (κ1) is 32.2. The SMILES string of the molecule is CCN(CCc1cc2ccccc2c(-c2c(O)ccc3ccccc23)c1O)CCc1cc2ccccc2c(-c2c(O)ccc3ccccc23)c1O. The molecule has 0 fully saturated rings. The predicted molar refractivity (Wildman–Crippen MR) is 210 cm³/mol. The second-order valence-corrected chi connectivity index (χ2v) is 13.3. The Labute approximate surface area is 296 Å². The average Bonchev–Trinajstić information content (AvgIpc) is 3.16. The number of hydrogen-bond acceptors (Lipinski definition) is 5. The third-order valence-electron chi connectivity index (χ3n) is 10.4. The van der Waals surface area contributed by atoms with Crippen molar-refractivity contribution in [1.82, 2.24) is 4.90 Å². The van der Waals surface area contributed by atoms with Gasteiger partial charge in [0.15, 0.2) is 0 Å². The van der Waals surface area contributed by atoms with Gasteiger partial charge in [-0.1, -0.05) is 116 Å². The summed E-state index contributed by atoms with van der Waals surface area (Å²) in [5.74, 6) is 0.631. The molecule has 0 aliphatic rings. The first-order valence-corrected chi connectivity index (χ1v) is 17.5. The normalized spacial score (nSPS) is 11.7. The Morgan fingerprint density at radius 1 is 0.412 bits per heavy atom. The number of phenols is 4. The van der Waals surface area contributed by atoms with Crippen molar-refractivity contribution >= 4 is 43.1 Å². The molecule has 0 atom stereocenters. The van der Waals surface area contributed by atoms with Crippen LogP contribution in [0.3, 0.4) is 0 Å².